The molecule has 2 heterocycles. The Labute approximate surface area is 167 Å². The molecule has 0 bridgehead atoms. The summed E-state index contributed by atoms with van der Waals surface area (Å²) in [5, 5.41) is 5.18. The first-order chi connectivity index (χ1) is 13.7. The minimum absolute atomic E-state index is 0.147. The second-order valence-electron chi connectivity index (χ2n) is 6.23. The van der Waals surface area contributed by atoms with Crippen LogP contribution in [0.4, 0.5) is 11.4 Å². The van der Waals surface area contributed by atoms with Crippen LogP contribution < -0.4 is 10.6 Å². The summed E-state index contributed by atoms with van der Waals surface area (Å²) >= 11 is 0. The van der Waals surface area contributed by atoms with Gasteiger partial charge in [0.15, 0.2) is 6.61 Å². The van der Waals surface area contributed by atoms with Crippen LogP contribution in [0, 0.1) is 0 Å². The maximum atomic E-state index is 12.2. The summed E-state index contributed by atoms with van der Waals surface area (Å²) in [6.45, 7) is 1.08. The highest BCUT2D eigenvalue weighted by Crippen LogP contribution is 2.17. The molecule has 0 radical (unpaired) electrons. The largest absolute Gasteiger partial charge is 0.452 e. The van der Waals surface area contributed by atoms with Gasteiger partial charge in [-0.15, -0.1) is 4.40 Å². The molecular formula is C18H18N4O6S. The van der Waals surface area contributed by atoms with Crippen LogP contribution in [0.1, 0.15) is 6.92 Å². The molecule has 1 aromatic carbocycles. The fourth-order valence-corrected chi connectivity index (χ4v) is 3.54. The van der Waals surface area contributed by atoms with Gasteiger partial charge in [-0.3, -0.25) is 9.59 Å². The van der Waals surface area contributed by atoms with Crippen molar-refractivity contribution in [1.82, 2.24) is 4.90 Å². The number of amidine groups is 1. The minimum atomic E-state index is -3.47. The van der Waals surface area contributed by atoms with Crippen LogP contribution in [0.15, 0.2) is 52.6 Å². The quantitative estimate of drug-likeness (QED) is 0.670. The van der Waals surface area contributed by atoms with E-state index < -0.39 is 28.5 Å². The van der Waals surface area contributed by atoms with Crippen LogP contribution in [-0.4, -0.2) is 55.8 Å². The van der Waals surface area contributed by atoms with Crippen molar-refractivity contribution in [3.05, 3.63) is 48.2 Å². The Balaban J connectivity index is 1.52. The number of nitrogens with zero attached hydrogens (tertiary/aromatic N) is 2. The third-order valence-corrected chi connectivity index (χ3v) is 5.05. The lowest BCUT2D eigenvalue weighted by molar-refractivity contribution is -0.143. The third kappa shape index (κ3) is 5.51. The van der Waals surface area contributed by atoms with E-state index in [0.717, 1.165) is 0 Å². The first-order valence-electron chi connectivity index (χ1n) is 8.56. The lowest BCUT2D eigenvalue weighted by Gasteiger charge is -2.26. The highest BCUT2D eigenvalue weighted by atomic mass is 32.2. The molecule has 2 amide bonds. The van der Waals surface area contributed by atoms with E-state index in [0.29, 0.717) is 11.4 Å². The molecule has 0 atom stereocenters. The summed E-state index contributed by atoms with van der Waals surface area (Å²) in [7, 11) is -3.47. The number of hydrogen-bond donors (Lipinski definition) is 2. The lowest BCUT2D eigenvalue weighted by atomic mass is 10.2. The highest BCUT2D eigenvalue weighted by molar-refractivity contribution is 7.90. The summed E-state index contributed by atoms with van der Waals surface area (Å²) in [5.41, 5.74) is 1.24. The number of ether oxygens (including phenoxy) is 1. The zero-order chi connectivity index (χ0) is 21.0. The number of carbonyl (C=O) groups is 3. The summed E-state index contributed by atoms with van der Waals surface area (Å²) in [6.07, 6.45) is 4.23. The molecule has 10 nitrogen and oxygen atoms in total. The molecule has 0 unspecified atom stereocenters. The van der Waals surface area contributed by atoms with Gasteiger partial charge in [0, 0.05) is 31.0 Å². The van der Waals surface area contributed by atoms with Crippen molar-refractivity contribution in [3.63, 3.8) is 0 Å². The summed E-state index contributed by atoms with van der Waals surface area (Å²) in [4.78, 5) is 36.7. The highest BCUT2D eigenvalue weighted by Gasteiger charge is 2.25. The van der Waals surface area contributed by atoms with Gasteiger partial charge in [0.25, 0.3) is 15.9 Å². The lowest BCUT2D eigenvalue weighted by Crippen LogP contribution is -2.37. The molecule has 0 aliphatic carbocycles. The van der Waals surface area contributed by atoms with Gasteiger partial charge in [0.1, 0.15) is 5.84 Å². The maximum Gasteiger partial charge on any atom is 0.340 e. The first-order valence-corrected chi connectivity index (χ1v) is 10.2. The van der Waals surface area contributed by atoms with Crippen molar-refractivity contribution in [3.8, 4) is 0 Å². The molecule has 29 heavy (non-hydrogen) atoms. The standard InChI is InChI=1S/C18H18N4O6S/c1-12(23)19-14-3-5-15(6-4-14)20-17(24)11-28-18(25)13-2-7-16-21-29(26,27)9-8-22(16)10-13/h2-7,10H,8-9,11H2,1H3,(H,19,23)(H,20,24). The Hall–Kier alpha value is -3.47. The molecule has 11 heteroatoms. The number of esters is 1. The number of benzene rings is 1. The van der Waals surface area contributed by atoms with Crippen molar-refractivity contribution in [1.29, 1.82) is 0 Å². The maximum absolute atomic E-state index is 12.2. The number of anilines is 2. The van der Waals surface area contributed by atoms with Gasteiger partial charge in [-0.05, 0) is 36.4 Å². The van der Waals surface area contributed by atoms with E-state index in [1.807, 2.05) is 0 Å². The number of amides is 2. The Bertz CT molecular complexity index is 1040. The van der Waals surface area contributed by atoms with Gasteiger partial charge in [-0.1, -0.05) is 0 Å². The predicted octanol–water partition coefficient (Wildman–Crippen LogP) is 0.624. The van der Waals surface area contributed by atoms with E-state index >= 15 is 0 Å². The summed E-state index contributed by atoms with van der Waals surface area (Å²) in [6, 6.07) is 6.45. The monoisotopic (exact) mass is 418 g/mol. The second-order valence-corrected chi connectivity index (χ2v) is 7.98. The van der Waals surface area contributed by atoms with Gasteiger partial charge >= 0.3 is 5.97 Å². The first kappa shape index (κ1) is 20.3. The number of rotatable bonds is 5. The number of hydrogen-bond acceptors (Lipinski definition) is 7. The van der Waals surface area contributed by atoms with E-state index in [4.69, 9.17) is 4.74 Å². The molecule has 2 aliphatic rings. The average molecular weight is 418 g/mol. The molecule has 0 fully saturated rings. The topological polar surface area (TPSA) is 134 Å². The van der Waals surface area contributed by atoms with E-state index in [2.05, 4.69) is 15.0 Å². The van der Waals surface area contributed by atoms with Crippen molar-refractivity contribution in [2.24, 2.45) is 4.40 Å². The fourth-order valence-electron chi connectivity index (χ4n) is 2.57. The second kappa shape index (κ2) is 8.27. The minimum Gasteiger partial charge on any atom is -0.452 e. The van der Waals surface area contributed by atoms with Crippen LogP contribution in [0.2, 0.25) is 0 Å². The van der Waals surface area contributed by atoms with E-state index in [-0.39, 0.29) is 29.6 Å². The Morgan fingerprint density at radius 2 is 1.76 bits per heavy atom. The van der Waals surface area contributed by atoms with Crippen LogP contribution >= 0.6 is 0 Å². The molecule has 1 aromatic rings. The molecule has 0 aromatic heterocycles. The molecule has 2 N–H and O–H groups in total. The van der Waals surface area contributed by atoms with Crippen LogP contribution in [0.25, 0.3) is 0 Å². The van der Waals surface area contributed by atoms with Crippen molar-refractivity contribution in [2.75, 3.05) is 29.5 Å². The molecule has 0 spiro atoms. The molecule has 2 aliphatic heterocycles. The SMILES string of the molecule is CC(=O)Nc1ccc(NC(=O)COC(=O)C2=CN3CCS(=O)(=O)N=C3C=C2)cc1. The number of carbonyl (C=O) groups excluding carboxylic acids is 3. The Kier molecular flexibility index (Phi) is 5.78. The molecule has 0 saturated heterocycles. The summed E-state index contributed by atoms with van der Waals surface area (Å²) in [5.74, 6) is -1.37. The Morgan fingerprint density at radius 1 is 1.10 bits per heavy atom. The van der Waals surface area contributed by atoms with Gasteiger partial charge in [-0.2, -0.15) is 0 Å². The summed E-state index contributed by atoms with van der Waals surface area (Å²) < 4.78 is 31.6. The zero-order valence-electron chi connectivity index (χ0n) is 15.4. The van der Waals surface area contributed by atoms with Gasteiger partial charge < -0.3 is 20.3 Å². The average Bonchev–Trinajstić information content (AvgIpc) is 2.66. The van der Waals surface area contributed by atoms with Crippen LogP contribution in [0.3, 0.4) is 0 Å². The van der Waals surface area contributed by atoms with Gasteiger partial charge in [-0.25, -0.2) is 13.2 Å². The number of fused-ring (bicyclic) bond motifs is 1. The third-order valence-electron chi connectivity index (χ3n) is 3.88. The number of nitrogens with one attached hydrogen (secondary N) is 2. The van der Waals surface area contributed by atoms with Crippen molar-refractivity contribution in [2.45, 2.75) is 6.92 Å². The van der Waals surface area contributed by atoms with Crippen LogP contribution in [0.5, 0.6) is 0 Å². The molecule has 0 saturated carbocycles. The Morgan fingerprint density at radius 3 is 2.41 bits per heavy atom. The predicted molar refractivity (Wildman–Crippen MR) is 105 cm³/mol. The smallest absolute Gasteiger partial charge is 0.340 e. The van der Waals surface area contributed by atoms with E-state index in [9.17, 15) is 22.8 Å². The van der Waals surface area contributed by atoms with Gasteiger partial charge in [0.2, 0.25) is 5.91 Å². The van der Waals surface area contributed by atoms with Crippen molar-refractivity contribution < 1.29 is 27.5 Å². The number of sulfonamides is 1. The fraction of sp³-hybridized carbons (Fsp3) is 0.222. The van der Waals surface area contributed by atoms with Crippen LogP contribution in [-0.2, 0) is 29.1 Å². The normalized spacial score (nSPS) is 16.8. The molecular weight excluding hydrogens is 400 g/mol. The molecule has 3 rings (SSSR count). The van der Waals surface area contributed by atoms with E-state index in [1.54, 1.807) is 24.3 Å². The zero-order valence-corrected chi connectivity index (χ0v) is 16.2. The van der Waals surface area contributed by atoms with Gasteiger partial charge in [0.05, 0.1) is 11.3 Å². The van der Waals surface area contributed by atoms with Crippen molar-refractivity contribution >= 4 is 45.0 Å². The van der Waals surface area contributed by atoms with E-state index in [1.165, 1.54) is 30.2 Å². The molecule has 152 valence electrons.